The number of carbonyl (C=O) groups excluding carboxylic acids is 1. The van der Waals surface area contributed by atoms with E-state index in [4.69, 9.17) is 4.74 Å². The van der Waals surface area contributed by atoms with Crippen molar-refractivity contribution in [1.82, 2.24) is 4.98 Å². The molecule has 14 heavy (non-hydrogen) atoms. The summed E-state index contributed by atoms with van der Waals surface area (Å²) in [6.45, 7) is 2.00. The number of anilines is 1. The van der Waals surface area contributed by atoms with E-state index in [1.807, 2.05) is 0 Å². The third-order valence-electron chi connectivity index (χ3n) is 1.36. The second-order valence-corrected chi connectivity index (χ2v) is 3.37. The van der Waals surface area contributed by atoms with Gasteiger partial charge in [0.1, 0.15) is 4.88 Å². The zero-order chi connectivity index (χ0) is 10.6. The molecule has 0 spiro atoms. The van der Waals surface area contributed by atoms with Crippen molar-refractivity contribution >= 4 is 22.4 Å². The Morgan fingerprint density at radius 2 is 2.43 bits per heavy atom. The highest BCUT2D eigenvalue weighted by molar-refractivity contribution is 7.17. The molecule has 1 heterocycles. The van der Waals surface area contributed by atoms with Gasteiger partial charge in [-0.2, -0.15) is 4.98 Å². The van der Waals surface area contributed by atoms with Gasteiger partial charge in [0.25, 0.3) is 5.56 Å². The minimum Gasteiger partial charge on any atom is -0.462 e. The SMILES string of the molecule is CCOC(=O)c1cc(=O)nc(NC)s1. The van der Waals surface area contributed by atoms with Crippen LogP contribution in [0.1, 0.15) is 16.6 Å². The normalized spacial score (nSPS) is 9.57. The average molecular weight is 214 g/mol. The molecule has 0 saturated heterocycles. The Morgan fingerprint density at radius 1 is 1.71 bits per heavy atom. The van der Waals surface area contributed by atoms with Crippen molar-refractivity contribution < 1.29 is 9.53 Å². The monoisotopic (exact) mass is 214 g/mol. The maximum atomic E-state index is 11.3. The fourth-order valence-electron chi connectivity index (χ4n) is 0.811. The van der Waals surface area contributed by atoms with Gasteiger partial charge in [-0.05, 0) is 6.92 Å². The quantitative estimate of drug-likeness (QED) is 0.751. The van der Waals surface area contributed by atoms with Crippen LogP contribution in [0.15, 0.2) is 10.9 Å². The molecule has 0 radical (unpaired) electrons. The molecule has 0 aliphatic rings. The molecule has 0 fully saturated rings. The second-order valence-electron chi connectivity index (χ2n) is 2.34. The molecule has 0 saturated carbocycles. The van der Waals surface area contributed by atoms with Crippen molar-refractivity contribution in [3.05, 3.63) is 21.3 Å². The third-order valence-corrected chi connectivity index (χ3v) is 2.36. The predicted molar refractivity (Wildman–Crippen MR) is 53.9 cm³/mol. The molecule has 0 unspecified atom stereocenters. The predicted octanol–water partition coefficient (Wildman–Crippen LogP) is 0.722. The third kappa shape index (κ3) is 2.53. The van der Waals surface area contributed by atoms with Crippen molar-refractivity contribution in [2.75, 3.05) is 19.0 Å². The van der Waals surface area contributed by atoms with Crippen LogP contribution in [0.2, 0.25) is 0 Å². The van der Waals surface area contributed by atoms with Crippen LogP contribution in [0.3, 0.4) is 0 Å². The Hall–Kier alpha value is -1.43. The van der Waals surface area contributed by atoms with E-state index in [2.05, 4.69) is 10.3 Å². The molecule has 5 nitrogen and oxygen atoms in total. The van der Waals surface area contributed by atoms with E-state index in [-0.39, 0.29) is 11.5 Å². The molecule has 0 aliphatic heterocycles. The Bertz CT molecular complexity index is 388. The Morgan fingerprint density at radius 3 is 3.00 bits per heavy atom. The van der Waals surface area contributed by atoms with Crippen LogP contribution in [-0.4, -0.2) is 24.6 Å². The number of hydrogen-bond donors (Lipinski definition) is 1. The van der Waals surface area contributed by atoms with E-state index in [0.717, 1.165) is 11.3 Å². The summed E-state index contributed by atoms with van der Waals surface area (Å²) in [4.78, 5) is 26.2. The van der Waals surface area contributed by atoms with E-state index in [1.165, 1.54) is 6.07 Å². The van der Waals surface area contributed by atoms with Gasteiger partial charge in [-0.15, -0.1) is 0 Å². The molecule has 0 aliphatic carbocycles. The first-order chi connectivity index (χ1) is 6.67. The number of rotatable bonds is 3. The number of ether oxygens (including phenoxy) is 1. The summed E-state index contributed by atoms with van der Waals surface area (Å²) < 4.78 is 4.76. The molecule has 1 aromatic heterocycles. The molecule has 1 N–H and O–H groups in total. The lowest BCUT2D eigenvalue weighted by Gasteiger charge is -2.01. The number of esters is 1. The van der Waals surface area contributed by atoms with Gasteiger partial charge >= 0.3 is 5.97 Å². The lowest BCUT2D eigenvalue weighted by atomic mass is 10.5. The van der Waals surface area contributed by atoms with Crippen LogP contribution in [0.5, 0.6) is 0 Å². The number of aromatic nitrogens is 1. The van der Waals surface area contributed by atoms with Crippen LogP contribution < -0.4 is 10.9 Å². The molecular weight excluding hydrogens is 204 g/mol. The minimum absolute atomic E-state index is 0.260. The molecule has 76 valence electrons. The highest BCUT2D eigenvalue weighted by Gasteiger charge is 2.10. The molecule has 0 atom stereocenters. The molecular formula is C8H10N2O3S. The van der Waals surface area contributed by atoms with Crippen LogP contribution in [0.4, 0.5) is 5.13 Å². The number of nitrogens with zero attached hydrogens (tertiary/aromatic N) is 1. The zero-order valence-corrected chi connectivity index (χ0v) is 8.68. The summed E-state index contributed by atoms with van der Waals surface area (Å²) in [6.07, 6.45) is 0. The molecule has 1 rings (SSSR count). The molecule has 6 heteroatoms. The van der Waals surface area contributed by atoms with Gasteiger partial charge in [-0.1, -0.05) is 11.3 Å². The summed E-state index contributed by atoms with van der Waals surface area (Å²) in [7, 11) is 1.63. The maximum Gasteiger partial charge on any atom is 0.348 e. The van der Waals surface area contributed by atoms with Crippen molar-refractivity contribution in [3.63, 3.8) is 0 Å². The van der Waals surface area contributed by atoms with Crippen molar-refractivity contribution in [2.45, 2.75) is 6.92 Å². The summed E-state index contributed by atoms with van der Waals surface area (Å²) in [5.74, 6) is -0.492. The topological polar surface area (TPSA) is 68.3 Å². The second kappa shape index (κ2) is 4.71. The van der Waals surface area contributed by atoms with Gasteiger partial charge in [0.2, 0.25) is 0 Å². The van der Waals surface area contributed by atoms with E-state index < -0.39 is 11.5 Å². The first-order valence-electron chi connectivity index (χ1n) is 4.04. The van der Waals surface area contributed by atoms with Gasteiger partial charge in [-0.3, -0.25) is 4.79 Å². The van der Waals surface area contributed by atoms with Gasteiger partial charge in [0, 0.05) is 13.1 Å². The average Bonchev–Trinajstić information content (AvgIpc) is 2.17. The fraction of sp³-hybridized carbons (Fsp3) is 0.375. The van der Waals surface area contributed by atoms with E-state index in [1.54, 1.807) is 14.0 Å². The number of hydrogen-bond acceptors (Lipinski definition) is 6. The Balaban J connectivity index is 3.03. The lowest BCUT2D eigenvalue weighted by molar-refractivity contribution is 0.0531. The fourth-order valence-corrected chi connectivity index (χ4v) is 1.56. The van der Waals surface area contributed by atoms with Crippen molar-refractivity contribution in [1.29, 1.82) is 0 Å². The Labute approximate surface area is 84.7 Å². The molecule has 0 amide bonds. The van der Waals surface area contributed by atoms with E-state index >= 15 is 0 Å². The van der Waals surface area contributed by atoms with E-state index in [0.29, 0.717) is 5.13 Å². The van der Waals surface area contributed by atoms with Gasteiger partial charge in [0.05, 0.1) is 6.61 Å². The summed E-state index contributed by atoms with van der Waals surface area (Å²) in [5, 5.41) is 3.11. The summed E-state index contributed by atoms with van der Waals surface area (Å²) >= 11 is 1.09. The maximum absolute atomic E-state index is 11.3. The van der Waals surface area contributed by atoms with E-state index in [9.17, 15) is 9.59 Å². The summed E-state index contributed by atoms with van der Waals surface area (Å²) in [5.41, 5.74) is -0.448. The smallest absolute Gasteiger partial charge is 0.348 e. The van der Waals surface area contributed by atoms with Crippen LogP contribution in [-0.2, 0) is 4.74 Å². The van der Waals surface area contributed by atoms with Crippen molar-refractivity contribution in [3.8, 4) is 0 Å². The largest absolute Gasteiger partial charge is 0.462 e. The number of carbonyl (C=O) groups is 1. The van der Waals surface area contributed by atoms with Crippen molar-refractivity contribution in [2.24, 2.45) is 0 Å². The van der Waals surface area contributed by atoms with Crippen LogP contribution in [0, 0.1) is 0 Å². The van der Waals surface area contributed by atoms with Crippen LogP contribution in [0.25, 0.3) is 0 Å². The minimum atomic E-state index is -0.492. The molecule has 0 aromatic carbocycles. The Kier molecular flexibility index (Phi) is 3.58. The van der Waals surface area contributed by atoms with Crippen LogP contribution >= 0.6 is 11.3 Å². The van der Waals surface area contributed by atoms with Gasteiger partial charge < -0.3 is 10.1 Å². The first kappa shape index (κ1) is 10.6. The zero-order valence-electron chi connectivity index (χ0n) is 7.86. The first-order valence-corrected chi connectivity index (χ1v) is 4.86. The van der Waals surface area contributed by atoms with Gasteiger partial charge in [0.15, 0.2) is 5.13 Å². The lowest BCUT2D eigenvalue weighted by Crippen LogP contribution is -2.11. The highest BCUT2D eigenvalue weighted by atomic mass is 32.1. The molecule has 1 aromatic rings. The molecule has 0 bridgehead atoms. The standard InChI is InChI=1S/C8H10N2O3S/c1-3-13-7(12)5-4-6(11)10-8(9-2)14-5/h4H,3H2,1-2H3,(H,9,10,11). The van der Waals surface area contributed by atoms with Gasteiger partial charge in [-0.25, -0.2) is 4.79 Å². The highest BCUT2D eigenvalue weighted by Crippen LogP contribution is 2.13. The number of nitrogens with one attached hydrogen (secondary N) is 1. The summed E-state index contributed by atoms with van der Waals surface area (Å²) in [6, 6.07) is 1.17.